The molecule has 0 aromatic heterocycles. The van der Waals surface area contributed by atoms with Gasteiger partial charge in [-0.15, -0.1) is 0 Å². The molecular weight excluding hydrogens is 277 g/mol. The van der Waals surface area contributed by atoms with E-state index in [1.165, 1.54) is 11.1 Å². The molecule has 0 heterocycles. The minimum absolute atomic E-state index is 0.285. The van der Waals surface area contributed by atoms with Gasteiger partial charge in [0.1, 0.15) is 0 Å². The van der Waals surface area contributed by atoms with E-state index >= 15 is 0 Å². The van der Waals surface area contributed by atoms with E-state index in [9.17, 15) is 0 Å². The summed E-state index contributed by atoms with van der Waals surface area (Å²) in [5.74, 6) is 0. The van der Waals surface area contributed by atoms with Crippen LogP contribution in [0.15, 0.2) is 60.7 Å². The molecule has 0 amide bonds. The maximum Gasteiger partial charge on any atom is 0.466 e. The Kier molecular flexibility index (Phi) is 6.58. The second-order valence-electron chi connectivity index (χ2n) is 4.06. The second kappa shape index (κ2) is 7.94. The summed E-state index contributed by atoms with van der Waals surface area (Å²) in [5, 5.41) is 3.33. The van der Waals surface area contributed by atoms with E-state index in [0.717, 1.165) is 0 Å². The highest BCUT2D eigenvalue weighted by Gasteiger charge is 2.09. The first-order chi connectivity index (χ1) is 9.42. The number of benzene rings is 2. The molecule has 2 aromatic rings. The normalized spacial score (nSPS) is 10.8. The Balaban J connectivity index is 0.000000347. The zero-order chi connectivity index (χ0) is 15.0. The molecule has 0 unspecified atom stereocenters. The van der Waals surface area contributed by atoms with Crippen LogP contribution in [0.25, 0.3) is 0 Å². The molecular formula is C14H18NO4P. The zero-order valence-electron chi connectivity index (χ0n) is 11.0. The van der Waals surface area contributed by atoms with Crippen LogP contribution >= 0.6 is 7.82 Å². The van der Waals surface area contributed by atoms with Crippen LogP contribution < -0.4 is 5.32 Å². The summed E-state index contributed by atoms with van der Waals surface area (Å²) in [6.45, 7) is 0. The van der Waals surface area contributed by atoms with Crippen molar-refractivity contribution in [1.82, 2.24) is 5.32 Å². The topological polar surface area (TPSA) is 89.8 Å². The average molecular weight is 295 g/mol. The molecule has 0 aliphatic heterocycles. The van der Waals surface area contributed by atoms with E-state index in [2.05, 4.69) is 53.8 Å². The van der Waals surface area contributed by atoms with Gasteiger partial charge >= 0.3 is 7.82 Å². The highest BCUT2D eigenvalue weighted by Crippen LogP contribution is 2.25. The third-order valence-corrected chi connectivity index (χ3v) is 2.55. The van der Waals surface area contributed by atoms with Gasteiger partial charge in [0.15, 0.2) is 0 Å². The lowest BCUT2D eigenvalue weighted by Crippen LogP contribution is -2.17. The SMILES string of the molecule is CNC(c1ccccc1)c1ccccc1.O=P(O)(O)O. The number of hydrogen-bond acceptors (Lipinski definition) is 2. The molecule has 0 fully saturated rings. The van der Waals surface area contributed by atoms with Gasteiger partial charge in [0.25, 0.3) is 0 Å². The highest BCUT2D eigenvalue weighted by molar-refractivity contribution is 7.45. The van der Waals surface area contributed by atoms with Gasteiger partial charge in [-0.3, -0.25) is 0 Å². The van der Waals surface area contributed by atoms with Gasteiger partial charge in [0, 0.05) is 0 Å². The lowest BCUT2D eigenvalue weighted by atomic mass is 9.99. The van der Waals surface area contributed by atoms with E-state index in [4.69, 9.17) is 19.2 Å². The lowest BCUT2D eigenvalue weighted by molar-refractivity contribution is 0.275. The third-order valence-electron chi connectivity index (χ3n) is 2.55. The molecule has 0 bridgehead atoms. The molecule has 0 aliphatic carbocycles. The molecule has 0 radical (unpaired) electrons. The van der Waals surface area contributed by atoms with Gasteiger partial charge in [-0.1, -0.05) is 60.7 Å². The standard InChI is InChI=1S/C14H15N.H3O4P/c1-15-14(12-8-4-2-5-9-12)13-10-6-3-7-11-13;1-5(2,3)4/h2-11,14-15H,1H3;(H3,1,2,3,4). The fourth-order valence-electron chi connectivity index (χ4n) is 1.82. The Bertz CT molecular complexity index is 494. The van der Waals surface area contributed by atoms with Crippen LogP contribution in [0.3, 0.4) is 0 Å². The molecule has 108 valence electrons. The van der Waals surface area contributed by atoms with Crippen LogP contribution in [0.4, 0.5) is 0 Å². The van der Waals surface area contributed by atoms with Crippen molar-refractivity contribution in [3.8, 4) is 0 Å². The van der Waals surface area contributed by atoms with Crippen LogP contribution in [-0.4, -0.2) is 21.7 Å². The number of nitrogens with one attached hydrogen (secondary N) is 1. The van der Waals surface area contributed by atoms with Gasteiger partial charge in [0.05, 0.1) is 6.04 Å². The average Bonchev–Trinajstić information content (AvgIpc) is 2.40. The Morgan fingerprint density at radius 2 is 1.15 bits per heavy atom. The lowest BCUT2D eigenvalue weighted by Gasteiger charge is -2.16. The van der Waals surface area contributed by atoms with E-state index in [1.807, 2.05) is 19.2 Å². The van der Waals surface area contributed by atoms with E-state index in [1.54, 1.807) is 0 Å². The van der Waals surface area contributed by atoms with Gasteiger partial charge < -0.3 is 20.0 Å². The largest absolute Gasteiger partial charge is 0.466 e. The van der Waals surface area contributed by atoms with Gasteiger partial charge in [-0.2, -0.15) is 0 Å². The Hall–Kier alpha value is -1.49. The molecule has 0 saturated heterocycles. The maximum absolute atomic E-state index is 8.88. The number of rotatable bonds is 3. The van der Waals surface area contributed by atoms with Crippen molar-refractivity contribution in [2.75, 3.05) is 7.05 Å². The molecule has 0 aliphatic rings. The summed E-state index contributed by atoms with van der Waals surface area (Å²) >= 11 is 0. The van der Waals surface area contributed by atoms with Gasteiger partial charge in [-0.05, 0) is 18.2 Å². The van der Waals surface area contributed by atoms with Crippen LogP contribution in [-0.2, 0) is 4.57 Å². The first kappa shape index (κ1) is 16.6. The number of hydrogen-bond donors (Lipinski definition) is 4. The highest BCUT2D eigenvalue weighted by atomic mass is 31.2. The fourth-order valence-corrected chi connectivity index (χ4v) is 1.82. The molecule has 0 atom stereocenters. The monoisotopic (exact) mass is 295 g/mol. The quantitative estimate of drug-likeness (QED) is 0.651. The molecule has 2 rings (SSSR count). The molecule has 0 saturated carbocycles. The first-order valence-electron chi connectivity index (χ1n) is 5.97. The predicted molar refractivity (Wildman–Crippen MR) is 78.0 cm³/mol. The summed E-state index contributed by atoms with van der Waals surface area (Å²) in [5.41, 5.74) is 2.59. The Morgan fingerprint density at radius 1 is 0.850 bits per heavy atom. The smallest absolute Gasteiger partial charge is 0.309 e. The third kappa shape index (κ3) is 6.61. The Labute approximate surface area is 118 Å². The predicted octanol–water partition coefficient (Wildman–Crippen LogP) is 2.07. The van der Waals surface area contributed by atoms with Crippen LogP contribution in [0.5, 0.6) is 0 Å². The number of phosphoric acid groups is 1. The fraction of sp³-hybridized carbons (Fsp3) is 0.143. The van der Waals surface area contributed by atoms with Crippen molar-refractivity contribution in [1.29, 1.82) is 0 Å². The van der Waals surface area contributed by atoms with Crippen molar-refractivity contribution in [3.63, 3.8) is 0 Å². The van der Waals surface area contributed by atoms with Crippen molar-refractivity contribution >= 4 is 7.82 Å². The van der Waals surface area contributed by atoms with Gasteiger partial charge in [0.2, 0.25) is 0 Å². The second-order valence-corrected chi connectivity index (χ2v) is 5.08. The molecule has 0 spiro atoms. The molecule has 5 nitrogen and oxygen atoms in total. The van der Waals surface area contributed by atoms with E-state index < -0.39 is 7.82 Å². The molecule has 2 aromatic carbocycles. The van der Waals surface area contributed by atoms with E-state index in [0.29, 0.717) is 0 Å². The summed E-state index contributed by atoms with van der Waals surface area (Å²) in [7, 11) is -2.65. The summed E-state index contributed by atoms with van der Waals surface area (Å²) in [6.07, 6.45) is 0. The minimum atomic E-state index is -4.64. The van der Waals surface area contributed by atoms with E-state index in [-0.39, 0.29) is 6.04 Å². The van der Waals surface area contributed by atoms with Crippen molar-refractivity contribution in [3.05, 3.63) is 71.8 Å². The van der Waals surface area contributed by atoms with Gasteiger partial charge in [-0.25, -0.2) is 4.57 Å². The summed E-state index contributed by atoms with van der Waals surface area (Å²) < 4.78 is 8.88. The minimum Gasteiger partial charge on any atom is -0.309 e. The molecule has 4 N–H and O–H groups in total. The Morgan fingerprint density at radius 3 is 1.40 bits per heavy atom. The maximum atomic E-state index is 8.88. The van der Waals surface area contributed by atoms with Crippen molar-refractivity contribution < 1.29 is 19.2 Å². The van der Waals surface area contributed by atoms with Crippen molar-refractivity contribution in [2.24, 2.45) is 0 Å². The van der Waals surface area contributed by atoms with Crippen molar-refractivity contribution in [2.45, 2.75) is 6.04 Å². The molecule has 20 heavy (non-hydrogen) atoms. The van der Waals surface area contributed by atoms with Crippen LogP contribution in [0.2, 0.25) is 0 Å². The van der Waals surface area contributed by atoms with Crippen LogP contribution in [0, 0.1) is 0 Å². The first-order valence-corrected chi connectivity index (χ1v) is 7.54. The molecule has 6 heteroatoms. The zero-order valence-corrected chi connectivity index (χ0v) is 11.9. The summed E-state index contributed by atoms with van der Waals surface area (Å²) in [6, 6.07) is 21.2. The summed E-state index contributed by atoms with van der Waals surface area (Å²) in [4.78, 5) is 21.6. The van der Waals surface area contributed by atoms with Crippen LogP contribution in [0.1, 0.15) is 17.2 Å².